The maximum Gasteiger partial charge on any atom is 0.252 e. The van der Waals surface area contributed by atoms with Gasteiger partial charge < -0.3 is 16.4 Å². The van der Waals surface area contributed by atoms with Gasteiger partial charge in [0.1, 0.15) is 17.5 Å². The van der Waals surface area contributed by atoms with Crippen molar-refractivity contribution in [1.82, 2.24) is 9.71 Å². The SMILES string of the molecule is CS(=O)(=O)N[C@H]1CC[C@@H](c2ccc(Nc3cc(NCc4cc(F)cc(F)c4)c(C(N)=O)cn3)cc2)CC1. The Kier molecular flexibility index (Phi) is 8.03. The van der Waals surface area contributed by atoms with Gasteiger partial charge in [0.25, 0.3) is 5.91 Å². The summed E-state index contributed by atoms with van der Waals surface area (Å²) in [6.07, 6.45) is 5.93. The molecule has 1 heterocycles. The van der Waals surface area contributed by atoms with Gasteiger partial charge in [0.2, 0.25) is 10.0 Å². The van der Waals surface area contributed by atoms with E-state index in [0.717, 1.165) is 37.4 Å². The first-order chi connectivity index (χ1) is 17.6. The molecule has 196 valence electrons. The van der Waals surface area contributed by atoms with E-state index < -0.39 is 27.6 Å². The molecule has 37 heavy (non-hydrogen) atoms. The highest BCUT2D eigenvalue weighted by Gasteiger charge is 2.24. The molecular formula is C26H29F2N5O3S. The number of halogens is 2. The maximum absolute atomic E-state index is 13.5. The molecule has 0 saturated heterocycles. The smallest absolute Gasteiger partial charge is 0.252 e. The minimum Gasteiger partial charge on any atom is -0.380 e. The fraction of sp³-hybridized carbons (Fsp3) is 0.308. The zero-order valence-corrected chi connectivity index (χ0v) is 21.1. The van der Waals surface area contributed by atoms with Gasteiger partial charge >= 0.3 is 0 Å². The van der Waals surface area contributed by atoms with Crippen LogP contribution in [0.1, 0.15) is 53.1 Å². The summed E-state index contributed by atoms with van der Waals surface area (Å²) in [5.41, 5.74) is 8.34. The highest BCUT2D eigenvalue weighted by molar-refractivity contribution is 7.88. The number of anilines is 3. The molecule has 4 rings (SSSR count). The number of aromatic nitrogens is 1. The van der Waals surface area contributed by atoms with E-state index in [0.29, 0.717) is 23.0 Å². The number of benzene rings is 2. The molecule has 3 aromatic rings. The second-order valence-corrected chi connectivity index (χ2v) is 11.1. The van der Waals surface area contributed by atoms with Crippen LogP contribution in [0.5, 0.6) is 0 Å². The zero-order chi connectivity index (χ0) is 26.6. The number of carbonyl (C=O) groups excluding carboxylic acids is 1. The molecule has 1 aromatic heterocycles. The molecule has 0 radical (unpaired) electrons. The third kappa shape index (κ3) is 7.46. The molecule has 0 bridgehead atoms. The summed E-state index contributed by atoms with van der Waals surface area (Å²) in [6.45, 7) is 0.0784. The van der Waals surface area contributed by atoms with E-state index >= 15 is 0 Å². The zero-order valence-electron chi connectivity index (χ0n) is 20.3. The van der Waals surface area contributed by atoms with Gasteiger partial charge in [0.05, 0.1) is 17.5 Å². The van der Waals surface area contributed by atoms with E-state index in [4.69, 9.17) is 5.73 Å². The van der Waals surface area contributed by atoms with E-state index in [1.54, 1.807) is 6.07 Å². The summed E-state index contributed by atoms with van der Waals surface area (Å²) in [7, 11) is -3.20. The van der Waals surface area contributed by atoms with Gasteiger partial charge in [-0.2, -0.15) is 0 Å². The minimum atomic E-state index is -3.20. The van der Waals surface area contributed by atoms with Gasteiger partial charge in [0.15, 0.2) is 0 Å². The summed E-state index contributed by atoms with van der Waals surface area (Å²) >= 11 is 0. The van der Waals surface area contributed by atoms with Crippen LogP contribution in [0.15, 0.2) is 54.7 Å². The first kappa shape index (κ1) is 26.5. The Balaban J connectivity index is 1.41. The van der Waals surface area contributed by atoms with Crippen molar-refractivity contribution in [2.45, 2.75) is 44.2 Å². The number of hydrogen-bond acceptors (Lipinski definition) is 6. The number of pyridine rings is 1. The number of hydrogen-bond donors (Lipinski definition) is 4. The van der Waals surface area contributed by atoms with Crippen LogP contribution in [-0.2, 0) is 16.6 Å². The van der Waals surface area contributed by atoms with Gasteiger partial charge in [0, 0.05) is 36.6 Å². The first-order valence-corrected chi connectivity index (χ1v) is 13.8. The quantitative estimate of drug-likeness (QED) is 0.326. The molecule has 1 fully saturated rings. The molecule has 1 aliphatic rings. The molecular weight excluding hydrogens is 500 g/mol. The summed E-state index contributed by atoms with van der Waals surface area (Å²) in [4.78, 5) is 16.1. The van der Waals surface area contributed by atoms with Crippen molar-refractivity contribution in [2.75, 3.05) is 16.9 Å². The topological polar surface area (TPSA) is 126 Å². The second kappa shape index (κ2) is 11.2. The van der Waals surface area contributed by atoms with Crippen LogP contribution >= 0.6 is 0 Å². The Bertz CT molecular complexity index is 1360. The van der Waals surface area contributed by atoms with Crippen molar-refractivity contribution >= 4 is 33.1 Å². The lowest BCUT2D eigenvalue weighted by Crippen LogP contribution is -2.36. The van der Waals surface area contributed by atoms with Crippen LogP contribution in [0.4, 0.5) is 26.0 Å². The van der Waals surface area contributed by atoms with Crippen molar-refractivity contribution < 1.29 is 22.0 Å². The summed E-state index contributed by atoms with van der Waals surface area (Å²) in [6, 6.07) is 12.7. The number of carbonyl (C=O) groups is 1. The standard InChI is InChI=1S/C26H29F2N5O3S/c1-37(35,36)33-22-8-4-18(5-9-22)17-2-6-21(7-3-17)32-25-13-24(23(15-31-25)26(29)34)30-14-16-10-19(27)12-20(28)11-16/h2-3,6-7,10-13,15,18,22,33H,4-5,8-9,14H2,1H3,(H2,29,34)(H2,30,31,32)/t18-,22+. The van der Waals surface area contributed by atoms with Crippen molar-refractivity contribution in [3.63, 3.8) is 0 Å². The molecule has 1 saturated carbocycles. The third-order valence-electron chi connectivity index (χ3n) is 6.34. The number of rotatable bonds is 9. The molecule has 2 aromatic carbocycles. The Morgan fingerprint density at radius 1 is 1.03 bits per heavy atom. The molecule has 8 nitrogen and oxygen atoms in total. The third-order valence-corrected chi connectivity index (χ3v) is 7.10. The van der Waals surface area contributed by atoms with Crippen LogP contribution in [-0.4, -0.2) is 31.6 Å². The number of nitrogens with one attached hydrogen (secondary N) is 3. The molecule has 11 heteroatoms. The summed E-state index contributed by atoms with van der Waals surface area (Å²) in [5, 5.41) is 6.19. The molecule has 0 spiro atoms. The van der Waals surface area contributed by atoms with Crippen molar-refractivity contribution in [2.24, 2.45) is 5.73 Å². The highest BCUT2D eigenvalue weighted by atomic mass is 32.2. The van der Waals surface area contributed by atoms with Gasteiger partial charge in [-0.3, -0.25) is 4.79 Å². The van der Waals surface area contributed by atoms with Crippen LogP contribution in [0.3, 0.4) is 0 Å². The molecule has 1 amide bonds. The monoisotopic (exact) mass is 529 g/mol. The Labute approximate surface area is 214 Å². The lowest BCUT2D eigenvalue weighted by Gasteiger charge is -2.29. The second-order valence-electron chi connectivity index (χ2n) is 9.30. The van der Waals surface area contributed by atoms with E-state index in [1.165, 1.54) is 30.1 Å². The van der Waals surface area contributed by atoms with Crippen LogP contribution in [0.2, 0.25) is 0 Å². The largest absolute Gasteiger partial charge is 0.380 e. The molecule has 0 aliphatic heterocycles. The maximum atomic E-state index is 13.5. The molecule has 1 aliphatic carbocycles. The van der Waals surface area contributed by atoms with E-state index in [9.17, 15) is 22.0 Å². The van der Waals surface area contributed by atoms with Crippen LogP contribution < -0.4 is 21.1 Å². The molecule has 0 atom stereocenters. The average Bonchev–Trinajstić information content (AvgIpc) is 2.82. The van der Waals surface area contributed by atoms with Gasteiger partial charge in [-0.05, 0) is 67.0 Å². The lowest BCUT2D eigenvalue weighted by molar-refractivity contribution is 0.100. The van der Waals surface area contributed by atoms with Crippen molar-refractivity contribution in [3.8, 4) is 0 Å². The summed E-state index contributed by atoms with van der Waals surface area (Å²) < 4.78 is 52.6. The van der Waals surface area contributed by atoms with Crippen molar-refractivity contribution in [3.05, 3.63) is 83.1 Å². The predicted molar refractivity (Wildman–Crippen MR) is 139 cm³/mol. The summed E-state index contributed by atoms with van der Waals surface area (Å²) in [5.74, 6) is -1.24. The average molecular weight is 530 g/mol. The van der Waals surface area contributed by atoms with Gasteiger partial charge in [-0.25, -0.2) is 26.9 Å². The number of amides is 1. The van der Waals surface area contributed by atoms with E-state index in [1.807, 2.05) is 24.3 Å². The first-order valence-electron chi connectivity index (χ1n) is 11.9. The van der Waals surface area contributed by atoms with Crippen molar-refractivity contribution in [1.29, 1.82) is 0 Å². The Morgan fingerprint density at radius 3 is 2.27 bits per heavy atom. The molecule has 5 N–H and O–H groups in total. The Hall–Kier alpha value is -3.57. The normalized spacial score (nSPS) is 17.8. The van der Waals surface area contributed by atoms with Crippen LogP contribution in [0, 0.1) is 11.6 Å². The number of primary amides is 1. The fourth-order valence-electron chi connectivity index (χ4n) is 4.61. The lowest BCUT2D eigenvalue weighted by atomic mass is 9.82. The highest BCUT2D eigenvalue weighted by Crippen LogP contribution is 2.34. The predicted octanol–water partition coefficient (Wildman–Crippen LogP) is 4.39. The fourth-order valence-corrected chi connectivity index (χ4v) is 5.45. The van der Waals surface area contributed by atoms with E-state index in [-0.39, 0.29) is 18.2 Å². The number of nitrogens with two attached hydrogens (primary N) is 1. The number of sulfonamides is 1. The van der Waals surface area contributed by atoms with E-state index in [2.05, 4.69) is 20.3 Å². The molecule has 0 unspecified atom stereocenters. The van der Waals surface area contributed by atoms with Gasteiger partial charge in [-0.1, -0.05) is 12.1 Å². The number of nitrogens with zero attached hydrogens (tertiary/aromatic N) is 1. The Morgan fingerprint density at radius 2 is 1.68 bits per heavy atom. The van der Waals surface area contributed by atoms with Crippen LogP contribution in [0.25, 0.3) is 0 Å². The van der Waals surface area contributed by atoms with Gasteiger partial charge in [-0.15, -0.1) is 0 Å². The minimum absolute atomic E-state index is 0.00983.